The minimum atomic E-state index is 0.357. The maximum atomic E-state index is 5.89. The lowest BCUT2D eigenvalue weighted by Crippen LogP contribution is -2.48. The average molecular weight is 341 g/mol. The second-order valence-corrected chi connectivity index (χ2v) is 6.52. The average Bonchev–Trinajstić information content (AvgIpc) is 2.85. The van der Waals surface area contributed by atoms with Crippen LogP contribution in [0.5, 0.6) is 5.75 Å². The van der Waals surface area contributed by atoms with Crippen LogP contribution >= 0.6 is 15.9 Å². The van der Waals surface area contributed by atoms with Crippen LogP contribution in [0.1, 0.15) is 5.56 Å². The van der Waals surface area contributed by atoms with Gasteiger partial charge in [-0.2, -0.15) is 0 Å². The third kappa shape index (κ3) is 2.86. The molecule has 0 aromatic heterocycles. The predicted octanol–water partition coefficient (Wildman–Crippen LogP) is 1.97. The van der Waals surface area contributed by atoms with Gasteiger partial charge in [-0.05, 0) is 19.2 Å². The van der Waals surface area contributed by atoms with Crippen molar-refractivity contribution in [3.05, 3.63) is 28.2 Å². The molecule has 0 radical (unpaired) electrons. The molecule has 5 heteroatoms. The highest BCUT2D eigenvalue weighted by Crippen LogP contribution is 2.28. The Bertz CT molecular complexity index is 483. The van der Waals surface area contributed by atoms with E-state index in [2.05, 4.69) is 44.9 Å². The molecule has 1 aromatic rings. The number of ether oxygens (including phenoxy) is 2. The van der Waals surface area contributed by atoms with Crippen LogP contribution in [-0.4, -0.2) is 62.3 Å². The molecule has 1 aromatic carbocycles. The molecular weight excluding hydrogens is 320 g/mol. The molecule has 0 unspecified atom stereocenters. The number of likely N-dealkylation sites (tertiary alicyclic amines) is 1. The SMILES string of the molecule is COc1cc(Br)ccc1CN1C[C@@H]2OCCN(C)[C@@H]2C1. The molecule has 0 amide bonds. The fourth-order valence-corrected chi connectivity index (χ4v) is 3.49. The molecule has 2 aliphatic heterocycles. The van der Waals surface area contributed by atoms with Crippen LogP contribution in [0.2, 0.25) is 0 Å². The van der Waals surface area contributed by atoms with Gasteiger partial charge < -0.3 is 9.47 Å². The third-order valence-corrected chi connectivity index (χ3v) is 4.79. The van der Waals surface area contributed by atoms with E-state index in [1.165, 1.54) is 5.56 Å². The van der Waals surface area contributed by atoms with Gasteiger partial charge in [-0.3, -0.25) is 9.80 Å². The van der Waals surface area contributed by atoms with Gasteiger partial charge in [-0.25, -0.2) is 0 Å². The van der Waals surface area contributed by atoms with Crippen LogP contribution in [0.25, 0.3) is 0 Å². The minimum absolute atomic E-state index is 0.357. The monoisotopic (exact) mass is 340 g/mol. The fourth-order valence-electron chi connectivity index (χ4n) is 3.15. The van der Waals surface area contributed by atoms with Crippen LogP contribution in [0.15, 0.2) is 22.7 Å². The van der Waals surface area contributed by atoms with Gasteiger partial charge in [0.05, 0.1) is 19.8 Å². The number of fused-ring (bicyclic) bond motifs is 1. The first-order valence-electron chi connectivity index (χ1n) is 7.04. The second kappa shape index (κ2) is 6.02. The highest BCUT2D eigenvalue weighted by atomic mass is 79.9. The number of morpholine rings is 1. The summed E-state index contributed by atoms with van der Waals surface area (Å²) in [5.41, 5.74) is 1.23. The lowest BCUT2D eigenvalue weighted by atomic mass is 10.1. The van der Waals surface area contributed by atoms with Crippen molar-refractivity contribution in [2.24, 2.45) is 0 Å². The number of nitrogens with zero attached hydrogens (tertiary/aromatic N) is 2. The molecule has 0 aliphatic carbocycles. The summed E-state index contributed by atoms with van der Waals surface area (Å²) in [5, 5.41) is 0. The first kappa shape index (κ1) is 14.3. The van der Waals surface area contributed by atoms with Crippen LogP contribution in [0.4, 0.5) is 0 Å². The summed E-state index contributed by atoms with van der Waals surface area (Å²) in [6, 6.07) is 6.77. The highest BCUT2D eigenvalue weighted by molar-refractivity contribution is 9.10. The van der Waals surface area contributed by atoms with E-state index in [1.54, 1.807) is 7.11 Å². The first-order valence-corrected chi connectivity index (χ1v) is 7.83. The van der Waals surface area contributed by atoms with E-state index in [0.717, 1.165) is 43.0 Å². The first-order chi connectivity index (χ1) is 9.67. The summed E-state index contributed by atoms with van der Waals surface area (Å²) in [6.45, 7) is 4.89. The lowest BCUT2D eigenvalue weighted by molar-refractivity contribution is -0.0370. The molecule has 2 aliphatic rings. The number of rotatable bonds is 3. The van der Waals surface area contributed by atoms with Gasteiger partial charge in [-0.1, -0.05) is 22.0 Å². The van der Waals surface area contributed by atoms with E-state index in [-0.39, 0.29) is 0 Å². The molecule has 2 heterocycles. The second-order valence-electron chi connectivity index (χ2n) is 5.61. The van der Waals surface area contributed by atoms with Gasteiger partial charge in [0.2, 0.25) is 0 Å². The Morgan fingerprint density at radius 2 is 2.25 bits per heavy atom. The third-order valence-electron chi connectivity index (χ3n) is 4.30. The molecule has 0 bridgehead atoms. The molecule has 0 N–H and O–H groups in total. The quantitative estimate of drug-likeness (QED) is 0.839. The molecule has 2 fully saturated rings. The summed E-state index contributed by atoms with van der Waals surface area (Å²) in [5.74, 6) is 0.948. The fraction of sp³-hybridized carbons (Fsp3) is 0.600. The standard InChI is InChI=1S/C15H21BrN2O2/c1-17-5-6-20-15-10-18(9-13(15)17)8-11-3-4-12(16)7-14(11)19-2/h3-4,7,13,15H,5-6,8-10H2,1-2H3/t13-,15+/m1/s1. The Morgan fingerprint density at radius 3 is 3.00 bits per heavy atom. The van der Waals surface area contributed by atoms with E-state index >= 15 is 0 Å². The normalized spacial score (nSPS) is 27.6. The summed E-state index contributed by atoms with van der Waals surface area (Å²) in [4.78, 5) is 4.88. The van der Waals surface area contributed by atoms with Crippen LogP contribution in [0.3, 0.4) is 0 Å². The van der Waals surface area contributed by atoms with Gasteiger partial charge >= 0.3 is 0 Å². The van der Waals surface area contributed by atoms with Crippen molar-refractivity contribution in [1.82, 2.24) is 9.80 Å². The minimum Gasteiger partial charge on any atom is -0.496 e. The Morgan fingerprint density at radius 1 is 1.40 bits per heavy atom. The van der Waals surface area contributed by atoms with Crippen molar-refractivity contribution in [3.8, 4) is 5.75 Å². The number of halogens is 1. The molecule has 2 saturated heterocycles. The van der Waals surface area contributed by atoms with Gasteiger partial charge in [0.25, 0.3) is 0 Å². The Labute approximate surface area is 128 Å². The zero-order chi connectivity index (χ0) is 14.1. The number of hydrogen-bond donors (Lipinski definition) is 0. The van der Waals surface area contributed by atoms with Gasteiger partial charge in [0.15, 0.2) is 0 Å². The maximum Gasteiger partial charge on any atom is 0.124 e. The lowest BCUT2D eigenvalue weighted by Gasteiger charge is -2.33. The highest BCUT2D eigenvalue weighted by Gasteiger charge is 2.38. The summed E-state index contributed by atoms with van der Waals surface area (Å²) in [7, 11) is 3.93. The molecule has 4 nitrogen and oxygen atoms in total. The number of hydrogen-bond acceptors (Lipinski definition) is 4. The summed E-state index contributed by atoms with van der Waals surface area (Å²) < 4.78 is 12.4. The van der Waals surface area contributed by atoms with Crippen LogP contribution in [0, 0.1) is 0 Å². The molecule has 110 valence electrons. The molecular formula is C15H21BrN2O2. The summed E-state index contributed by atoms with van der Waals surface area (Å²) >= 11 is 3.49. The topological polar surface area (TPSA) is 24.9 Å². The Balaban J connectivity index is 1.70. The largest absolute Gasteiger partial charge is 0.496 e. The molecule has 0 saturated carbocycles. The smallest absolute Gasteiger partial charge is 0.124 e. The van der Waals surface area contributed by atoms with E-state index < -0.39 is 0 Å². The van der Waals surface area contributed by atoms with E-state index in [0.29, 0.717) is 12.1 Å². The predicted molar refractivity (Wildman–Crippen MR) is 82.1 cm³/mol. The van der Waals surface area contributed by atoms with Crippen molar-refractivity contribution >= 4 is 15.9 Å². The van der Waals surface area contributed by atoms with Crippen molar-refractivity contribution in [2.45, 2.75) is 18.7 Å². The van der Waals surface area contributed by atoms with Crippen molar-refractivity contribution in [2.75, 3.05) is 40.4 Å². The number of likely N-dealkylation sites (N-methyl/N-ethyl adjacent to an activating group) is 1. The zero-order valence-corrected chi connectivity index (χ0v) is 13.6. The molecule has 2 atom stereocenters. The Hall–Kier alpha value is -0.620. The van der Waals surface area contributed by atoms with Crippen LogP contribution < -0.4 is 4.74 Å². The zero-order valence-electron chi connectivity index (χ0n) is 12.0. The van der Waals surface area contributed by atoms with E-state index in [9.17, 15) is 0 Å². The molecule has 3 rings (SSSR count). The van der Waals surface area contributed by atoms with Gasteiger partial charge in [0, 0.05) is 42.3 Å². The molecule has 0 spiro atoms. The van der Waals surface area contributed by atoms with Gasteiger partial charge in [0.1, 0.15) is 5.75 Å². The van der Waals surface area contributed by atoms with Crippen molar-refractivity contribution < 1.29 is 9.47 Å². The van der Waals surface area contributed by atoms with E-state index in [4.69, 9.17) is 9.47 Å². The van der Waals surface area contributed by atoms with E-state index in [1.807, 2.05) is 6.07 Å². The number of benzene rings is 1. The maximum absolute atomic E-state index is 5.89. The van der Waals surface area contributed by atoms with Crippen molar-refractivity contribution in [1.29, 1.82) is 0 Å². The van der Waals surface area contributed by atoms with Crippen molar-refractivity contribution in [3.63, 3.8) is 0 Å². The summed E-state index contributed by atoms with van der Waals surface area (Å²) in [6.07, 6.45) is 0.357. The van der Waals surface area contributed by atoms with Gasteiger partial charge in [-0.15, -0.1) is 0 Å². The van der Waals surface area contributed by atoms with Crippen LogP contribution in [-0.2, 0) is 11.3 Å². The number of methoxy groups -OCH3 is 1. The Kier molecular flexibility index (Phi) is 4.31. The molecule has 20 heavy (non-hydrogen) atoms.